The van der Waals surface area contributed by atoms with Crippen molar-refractivity contribution >= 4 is 5.91 Å². The average molecular weight is 299 g/mol. The maximum atomic E-state index is 12.4. The molecule has 22 heavy (non-hydrogen) atoms. The summed E-state index contributed by atoms with van der Waals surface area (Å²) in [6.07, 6.45) is 0. The summed E-state index contributed by atoms with van der Waals surface area (Å²) >= 11 is 0. The van der Waals surface area contributed by atoms with Crippen LogP contribution in [0.5, 0.6) is 0 Å². The quantitative estimate of drug-likeness (QED) is 0.892. The third-order valence-electron chi connectivity index (χ3n) is 3.95. The first-order valence-electron chi connectivity index (χ1n) is 7.68. The van der Waals surface area contributed by atoms with Crippen molar-refractivity contribution in [2.24, 2.45) is 11.7 Å². The molecule has 1 heterocycles. The SMILES string of the molecule is Cc1cccc(-n2c(C)cc(C(=O)NCC(C)CN)c2C)c1. The van der Waals surface area contributed by atoms with E-state index in [1.807, 2.05) is 32.9 Å². The highest BCUT2D eigenvalue weighted by Crippen LogP contribution is 2.21. The van der Waals surface area contributed by atoms with Crippen molar-refractivity contribution in [2.75, 3.05) is 13.1 Å². The Morgan fingerprint density at radius 1 is 1.27 bits per heavy atom. The second-order valence-electron chi connectivity index (χ2n) is 6.01. The molecule has 0 bridgehead atoms. The van der Waals surface area contributed by atoms with Gasteiger partial charge in [0.1, 0.15) is 0 Å². The predicted octanol–water partition coefficient (Wildman–Crippen LogP) is 2.73. The molecule has 1 amide bonds. The largest absolute Gasteiger partial charge is 0.352 e. The van der Waals surface area contributed by atoms with Crippen molar-refractivity contribution in [2.45, 2.75) is 27.7 Å². The summed E-state index contributed by atoms with van der Waals surface area (Å²) in [5, 5.41) is 2.96. The zero-order valence-electron chi connectivity index (χ0n) is 13.8. The van der Waals surface area contributed by atoms with Gasteiger partial charge in [-0.15, -0.1) is 0 Å². The Balaban J connectivity index is 2.29. The molecule has 0 aliphatic rings. The first kappa shape index (κ1) is 16.3. The molecule has 0 aliphatic heterocycles. The summed E-state index contributed by atoms with van der Waals surface area (Å²) in [6, 6.07) is 10.2. The second-order valence-corrected chi connectivity index (χ2v) is 6.01. The molecule has 0 spiro atoms. The molecule has 3 N–H and O–H groups in total. The minimum atomic E-state index is -0.0349. The van der Waals surface area contributed by atoms with Gasteiger partial charge in [0.25, 0.3) is 5.91 Å². The summed E-state index contributed by atoms with van der Waals surface area (Å²) < 4.78 is 2.12. The van der Waals surface area contributed by atoms with Crippen LogP contribution in [0, 0.1) is 26.7 Å². The van der Waals surface area contributed by atoms with E-state index in [9.17, 15) is 4.79 Å². The molecular weight excluding hydrogens is 274 g/mol. The predicted molar refractivity (Wildman–Crippen MR) is 90.5 cm³/mol. The number of aromatic nitrogens is 1. The van der Waals surface area contributed by atoms with Crippen LogP contribution in [0.25, 0.3) is 5.69 Å². The van der Waals surface area contributed by atoms with Gasteiger partial charge in [0.2, 0.25) is 0 Å². The van der Waals surface area contributed by atoms with Gasteiger partial charge < -0.3 is 15.6 Å². The number of aryl methyl sites for hydroxylation is 2. The lowest BCUT2D eigenvalue weighted by atomic mass is 10.1. The molecule has 4 heteroatoms. The van der Waals surface area contributed by atoms with Gasteiger partial charge in [-0.3, -0.25) is 4.79 Å². The van der Waals surface area contributed by atoms with Crippen LogP contribution in [0.3, 0.4) is 0 Å². The van der Waals surface area contributed by atoms with E-state index < -0.39 is 0 Å². The fraction of sp³-hybridized carbons (Fsp3) is 0.389. The summed E-state index contributed by atoms with van der Waals surface area (Å²) in [6.45, 7) is 9.27. The fourth-order valence-corrected chi connectivity index (χ4v) is 2.60. The van der Waals surface area contributed by atoms with Gasteiger partial charge in [-0.2, -0.15) is 0 Å². The number of nitrogens with one attached hydrogen (secondary N) is 1. The summed E-state index contributed by atoms with van der Waals surface area (Å²) in [7, 11) is 0. The highest BCUT2D eigenvalue weighted by Gasteiger charge is 2.16. The van der Waals surface area contributed by atoms with Gasteiger partial charge in [0.05, 0.1) is 5.56 Å². The molecule has 2 aromatic rings. The topological polar surface area (TPSA) is 60.0 Å². The van der Waals surface area contributed by atoms with Crippen LogP contribution >= 0.6 is 0 Å². The van der Waals surface area contributed by atoms with Crippen LogP contribution in [0.4, 0.5) is 0 Å². The first-order chi connectivity index (χ1) is 10.4. The van der Waals surface area contributed by atoms with Gasteiger partial charge in [-0.25, -0.2) is 0 Å². The Hall–Kier alpha value is -2.07. The molecule has 1 unspecified atom stereocenters. The Morgan fingerprint density at radius 3 is 2.64 bits per heavy atom. The standard InChI is InChI=1S/C18H25N3O/c1-12-6-5-7-16(8-12)21-14(3)9-17(15(21)4)18(22)20-11-13(2)10-19/h5-9,13H,10-11,19H2,1-4H3,(H,20,22). The molecule has 4 nitrogen and oxygen atoms in total. The third kappa shape index (κ3) is 3.39. The van der Waals surface area contributed by atoms with Gasteiger partial charge in [0.15, 0.2) is 0 Å². The van der Waals surface area contributed by atoms with Crippen molar-refractivity contribution in [1.29, 1.82) is 0 Å². The van der Waals surface area contributed by atoms with Crippen LogP contribution in [0.15, 0.2) is 30.3 Å². The summed E-state index contributed by atoms with van der Waals surface area (Å²) in [5.74, 6) is 0.247. The zero-order chi connectivity index (χ0) is 16.3. The molecule has 0 saturated carbocycles. The molecule has 1 atom stereocenters. The average Bonchev–Trinajstić information content (AvgIpc) is 2.79. The number of nitrogens with two attached hydrogens (primary N) is 1. The van der Waals surface area contributed by atoms with E-state index in [4.69, 9.17) is 5.73 Å². The van der Waals surface area contributed by atoms with Gasteiger partial charge >= 0.3 is 0 Å². The normalized spacial score (nSPS) is 12.2. The van der Waals surface area contributed by atoms with Crippen LogP contribution < -0.4 is 11.1 Å². The molecule has 1 aromatic heterocycles. The number of benzene rings is 1. The molecule has 2 rings (SSSR count). The zero-order valence-corrected chi connectivity index (χ0v) is 13.8. The molecule has 1 aromatic carbocycles. The van der Waals surface area contributed by atoms with Gasteiger partial charge in [-0.05, 0) is 57.0 Å². The number of hydrogen-bond acceptors (Lipinski definition) is 2. The molecule has 0 aliphatic carbocycles. The first-order valence-corrected chi connectivity index (χ1v) is 7.68. The van der Waals surface area contributed by atoms with Crippen LogP contribution in [-0.2, 0) is 0 Å². The van der Waals surface area contributed by atoms with Gasteiger partial charge in [0, 0.05) is 23.6 Å². The monoisotopic (exact) mass is 299 g/mol. The molecule has 118 valence electrons. The Bertz CT molecular complexity index is 673. The van der Waals surface area contributed by atoms with E-state index in [1.54, 1.807) is 0 Å². The van der Waals surface area contributed by atoms with E-state index in [2.05, 4.69) is 35.0 Å². The lowest BCUT2D eigenvalue weighted by Crippen LogP contribution is -2.31. The highest BCUT2D eigenvalue weighted by molar-refractivity contribution is 5.95. The van der Waals surface area contributed by atoms with Crippen LogP contribution in [-0.4, -0.2) is 23.6 Å². The maximum Gasteiger partial charge on any atom is 0.253 e. The van der Waals surface area contributed by atoms with Gasteiger partial charge in [-0.1, -0.05) is 19.1 Å². The minimum Gasteiger partial charge on any atom is -0.352 e. The Kier molecular flexibility index (Phi) is 5.03. The molecular formula is C18H25N3O. The van der Waals surface area contributed by atoms with Crippen molar-refractivity contribution in [3.63, 3.8) is 0 Å². The lowest BCUT2D eigenvalue weighted by Gasteiger charge is -2.12. The Morgan fingerprint density at radius 2 is 2.00 bits per heavy atom. The molecule has 0 radical (unpaired) electrons. The van der Waals surface area contributed by atoms with Crippen molar-refractivity contribution in [3.05, 3.63) is 52.8 Å². The fourth-order valence-electron chi connectivity index (χ4n) is 2.60. The van der Waals surface area contributed by atoms with Crippen molar-refractivity contribution < 1.29 is 4.79 Å². The van der Waals surface area contributed by atoms with Crippen LogP contribution in [0.2, 0.25) is 0 Å². The smallest absolute Gasteiger partial charge is 0.253 e. The Labute approximate surface area is 132 Å². The summed E-state index contributed by atoms with van der Waals surface area (Å²) in [4.78, 5) is 12.4. The molecule has 0 fully saturated rings. The number of amides is 1. The second kappa shape index (κ2) is 6.79. The maximum absolute atomic E-state index is 12.4. The van der Waals surface area contributed by atoms with E-state index in [0.717, 1.165) is 22.6 Å². The number of rotatable bonds is 5. The number of nitrogens with zero attached hydrogens (tertiary/aromatic N) is 1. The van der Waals surface area contributed by atoms with E-state index in [0.29, 0.717) is 13.1 Å². The van der Waals surface area contributed by atoms with Crippen LogP contribution in [0.1, 0.15) is 34.2 Å². The minimum absolute atomic E-state index is 0.0349. The number of carbonyl (C=O) groups is 1. The van der Waals surface area contributed by atoms with E-state index in [-0.39, 0.29) is 11.8 Å². The van der Waals surface area contributed by atoms with E-state index >= 15 is 0 Å². The molecule has 0 saturated heterocycles. The highest BCUT2D eigenvalue weighted by atomic mass is 16.1. The van der Waals surface area contributed by atoms with Crippen molar-refractivity contribution in [1.82, 2.24) is 9.88 Å². The number of hydrogen-bond donors (Lipinski definition) is 2. The van der Waals surface area contributed by atoms with Crippen molar-refractivity contribution in [3.8, 4) is 5.69 Å². The van der Waals surface area contributed by atoms with E-state index in [1.165, 1.54) is 5.56 Å². The lowest BCUT2D eigenvalue weighted by molar-refractivity contribution is 0.0948. The number of carbonyl (C=O) groups excluding carboxylic acids is 1. The summed E-state index contributed by atoms with van der Waals surface area (Å²) in [5.41, 5.74) is 10.6. The third-order valence-corrected chi connectivity index (χ3v) is 3.95.